The number of hydrazine groups is 1. The van der Waals surface area contributed by atoms with Crippen LogP contribution in [-0.2, 0) is 5.75 Å². The zero-order valence-corrected chi connectivity index (χ0v) is 19.1. The van der Waals surface area contributed by atoms with Crippen molar-refractivity contribution < 1.29 is 18.5 Å². The maximum Gasteiger partial charge on any atom is 0.308 e. The highest BCUT2D eigenvalue weighted by Gasteiger charge is 2.16. The standard InChI is InChI=1S/C24H20FN5O3S/c1-14-10-15(2)27-24(26-14)34-13-16-6-8-17(9-7-16)22(31)28-29-23(32)21-12-20(30-33-21)18-4-3-5-19(25)11-18/h3-12H,13H2,1-2H3,(H,28,31)(H,29,32). The molecule has 0 saturated heterocycles. The monoisotopic (exact) mass is 477 g/mol. The number of amides is 2. The van der Waals surface area contributed by atoms with Crippen molar-refractivity contribution in [2.24, 2.45) is 0 Å². The Bertz CT molecular complexity index is 1320. The van der Waals surface area contributed by atoms with E-state index in [1.165, 1.54) is 36.0 Å². The van der Waals surface area contributed by atoms with Crippen molar-refractivity contribution in [3.63, 3.8) is 0 Å². The third-order valence-electron chi connectivity index (χ3n) is 4.69. The molecule has 4 aromatic rings. The van der Waals surface area contributed by atoms with Crippen LogP contribution in [0.1, 0.15) is 37.9 Å². The number of benzene rings is 2. The van der Waals surface area contributed by atoms with E-state index in [-0.39, 0.29) is 5.76 Å². The predicted octanol–water partition coefficient (Wildman–Crippen LogP) is 4.25. The van der Waals surface area contributed by atoms with Crippen LogP contribution in [-0.4, -0.2) is 26.9 Å². The summed E-state index contributed by atoms with van der Waals surface area (Å²) < 4.78 is 18.4. The van der Waals surface area contributed by atoms with Gasteiger partial charge in [0.15, 0.2) is 5.16 Å². The van der Waals surface area contributed by atoms with Crippen LogP contribution in [0.2, 0.25) is 0 Å². The van der Waals surface area contributed by atoms with Crippen molar-refractivity contribution in [3.8, 4) is 11.3 Å². The Hall–Kier alpha value is -4.05. The number of aromatic nitrogens is 3. The molecule has 0 aliphatic heterocycles. The van der Waals surface area contributed by atoms with Gasteiger partial charge in [0.2, 0.25) is 5.76 Å². The molecule has 0 bridgehead atoms. The van der Waals surface area contributed by atoms with Gasteiger partial charge in [0.25, 0.3) is 5.91 Å². The minimum absolute atomic E-state index is 0.125. The number of nitrogens with one attached hydrogen (secondary N) is 2. The molecule has 2 aromatic heterocycles. The van der Waals surface area contributed by atoms with Crippen LogP contribution in [0.4, 0.5) is 4.39 Å². The zero-order chi connectivity index (χ0) is 24.1. The average molecular weight is 478 g/mol. The van der Waals surface area contributed by atoms with Crippen LogP contribution in [0.5, 0.6) is 0 Å². The summed E-state index contributed by atoms with van der Waals surface area (Å²) in [6.45, 7) is 3.85. The second-order valence-electron chi connectivity index (χ2n) is 7.41. The highest BCUT2D eigenvalue weighted by Crippen LogP contribution is 2.21. The van der Waals surface area contributed by atoms with Gasteiger partial charge in [0.1, 0.15) is 11.5 Å². The maximum absolute atomic E-state index is 13.4. The largest absolute Gasteiger partial charge is 0.350 e. The molecule has 10 heteroatoms. The van der Waals surface area contributed by atoms with Crippen LogP contribution in [0, 0.1) is 19.7 Å². The van der Waals surface area contributed by atoms with Gasteiger partial charge in [-0.15, -0.1) is 0 Å². The molecule has 2 amide bonds. The molecule has 0 unspecified atom stereocenters. The number of nitrogens with zero attached hydrogens (tertiary/aromatic N) is 3. The quantitative estimate of drug-likeness (QED) is 0.243. The van der Waals surface area contributed by atoms with Crippen molar-refractivity contribution in [3.05, 3.63) is 94.8 Å². The molecule has 0 saturated carbocycles. The number of carbonyl (C=O) groups excluding carboxylic acids is 2. The highest BCUT2D eigenvalue weighted by atomic mass is 32.2. The van der Waals surface area contributed by atoms with E-state index in [1.807, 2.05) is 32.0 Å². The van der Waals surface area contributed by atoms with E-state index in [1.54, 1.807) is 18.2 Å². The van der Waals surface area contributed by atoms with Gasteiger partial charge < -0.3 is 4.52 Å². The summed E-state index contributed by atoms with van der Waals surface area (Å²) in [5, 5.41) is 4.47. The first-order chi connectivity index (χ1) is 16.4. The second kappa shape index (κ2) is 10.3. The molecule has 0 atom stereocenters. The fourth-order valence-electron chi connectivity index (χ4n) is 3.07. The van der Waals surface area contributed by atoms with Crippen LogP contribution in [0.3, 0.4) is 0 Å². The minimum atomic E-state index is -0.690. The summed E-state index contributed by atoms with van der Waals surface area (Å²) in [4.78, 5) is 33.4. The van der Waals surface area contributed by atoms with Gasteiger partial charge >= 0.3 is 5.91 Å². The summed E-state index contributed by atoms with van der Waals surface area (Å²) in [6, 6.07) is 16.0. The van der Waals surface area contributed by atoms with Crippen molar-refractivity contribution in [1.82, 2.24) is 26.0 Å². The van der Waals surface area contributed by atoms with Crippen LogP contribution >= 0.6 is 11.8 Å². The van der Waals surface area contributed by atoms with E-state index in [4.69, 9.17) is 4.52 Å². The Morgan fingerprint density at radius 2 is 1.65 bits per heavy atom. The lowest BCUT2D eigenvalue weighted by atomic mass is 10.1. The molecule has 4 rings (SSSR count). The molecule has 2 aromatic carbocycles. The van der Waals surface area contributed by atoms with E-state index in [9.17, 15) is 14.0 Å². The van der Waals surface area contributed by atoms with Crippen molar-refractivity contribution in [2.45, 2.75) is 24.8 Å². The first-order valence-electron chi connectivity index (χ1n) is 10.2. The number of aryl methyl sites for hydroxylation is 2. The maximum atomic E-state index is 13.4. The van der Waals surface area contributed by atoms with E-state index in [0.717, 1.165) is 17.0 Å². The Balaban J connectivity index is 1.30. The third-order valence-corrected chi connectivity index (χ3v) is 5.61. The first kappa shape index (κ1) is 23.1. The number of carbonyl (C=O) groups is 2. The Morgan fingerprint density at radius 3 is 2.35 bits per heavy atom. The van der Waals surface area contributed by atoms with Gasteiger partial charge in [-0.05, 0) is 49.7 Å². The fourth-order valence-corrected chi connectivity index (χ4v) is 3.98. The lowest BCUT2D eigenvalue weighted by Crippen LogP contribution is -2.41. The molecule has 34 heavy (non-hydrogen) atoms. The van der Waals surface area contributed by atoms with Gasteiger partial charge in [0.05, 0.1) is 0 Å². The molecular formula is C24H20FN5O3S. The first-order valence-corrected chi connectivity index (χ1v) is 11.2. The number of hydrogen-bond acceptors (Lipinski definition) is 7. The van der Waals surface area contributed by atoms with E-state index < -0.39 is 17.6 Å². The van der Waals surface area contributed by atoms with E-state index in [2.05, 4.69) is 26.0 Å². The summed E-state index contributed by atoms with van der Waals surface area (Å²) in [5.74, 6) is -1.08. The number of thioether (sulfide) groups is 1. The molecule has 0 fully saturated rings. The van der Waals surface area contributed by atoms with Crippen LogP contribution in [0.15, 0.2) is 70.3 Å². The van der Waals surface area contributed by atoms with Gasteiger partial charge in [0, 0.05) is 34.3 Å². The molecule has 172 valence electrons. The average Bonchev–Trinajstić information content (AvgIpc) is 3.31. The lowest BCUT2D eigenvalue weighted by molar-refractivity contribution is 0.0825. The molecule has 2 N–H and O–H groups in total. The molecular weight excluding hydrogens is 457 g/mol. The van der Waals surface area contributed by atoms with Crippen LogP contribution in [0.25, 0.3) is 11.3 Å². The SMILES string of the molecule is Cc1cc(C)nc(SCc2ccc(C(=O)NNC(=O)c3cc(-c4cccc(F)c4)no3)cc2)n1. The van der Waals surface area contributed by atoms with Gasteiger partial charge in [-0.3, -0.25) is 20.4 Å². The molecule has 2 heterocycles. The topological polar surface area (TPSA) is 110 Å². The minimum Gasteiger partial charge on any atom is -0.350 e. The molecule has 0 spiro atoms. The van der Waals surface area contributed by atoms with Gasteiger partial charge in [-0.2, -0.15) is 0 Å². The van der Waals surface area contributed by atoms with Crippen LogP contribution < -0.4 is 10.9 Å². The van der Waals surface area contributed by atoms with Crippen molar-refractivity contribution in [2.75, 3.05) is 0 Å². The smallest absolute Gasteiger partial charge is 0.308 e. The molecule has 8 nitrogen and oxygen atoms in total. The second-order valence-corrected chi connectivity index (χ2v) is 8.36. The van der Waals surface area contributed by atoms with E-state index >= 15 is 0 Å². The van der Waals surface area contributed by atoms with Gasteiger partial charge in [-0.1, -0.05) is 41.2 Å². The van der Waals surface area contributed by atoms with Crippen molar-refractivity contribution in [1.29, 1.82) is 0 Å². The zero-order valence-electron chi connectivity index (χ0n) is 18.3. The fraction of sp³-hybridized carbons (Fsp3) is 0.125. The summed E-state index contributed by atoms with van der Waals surface area (Å²) in [7, 11) is 0. The Morgan fingerprint density at radius 1 is 0.941 bits per heavy atom. The number of rotatable bonds is 6. The number of hydrogen-bond donors (Lipinski definition) is 2. The Kier molecular flexibility index (Phi) is 6.98. The lowest BCUT2D eigenvalue weighted by Gasteiger charge is -2.07. The molecule has 0 aliphatic rings. The highest BCUT2D eigenvalue weighted by molar-refractivity contribution is 7.98. The van der Waals surface area contributed by atoms with Crippen molar-refractivity contribution >= 4 is 23.6 Å². The van der Waals surface area contributed by atoms with Gasteiger partial charge in [-0.25, -0.2) is 14.4 Å². The molecule has 0 radical (unpaired) electrons. The normalized spacial score (nSPS) is 10.7. The predicted molar refractivity (Wildman–Crippen MR) is 124 cm³/mol. The number of halogens is 1. The Labute approximate surface area is 199 Å². The summed E-state index contributed by atoms with van der Waals surface area (Å²) >= 11 is 1.51. The third kappa shape index (κ3) is 5.84. The molecule has 0 aliphatic carbocycles. The van der Waals surface area contributed by atoms with E-state index in [0.29, 0.717) is 27.7 Å². The summed E-state index contributed by atoms with van der Waals surface area (Å²) in [6.07, 6.45) is 0. The summed E-state index contributed by atoms with van der Waals surface area (Å²) in [5.41, 5.74) is 8.58.